The number of benzene rings is 2. The minimum absolute atomic E-state index is 0.0906. The first-order chi connectivity index (χ1) is 9.86. The quantitative estimate of drug-likeness (QED) is 0.679. The Morgan fingerprint density at radius 1 is 0.850 bits per heavy atom. The molecule has 4 heteroatoms. The van der Waals surface area contributed by atoms with Gasteiger partial charge in [0.2, 0.25) is 12.5 Å². The van der Waals surface area contributed by atoms with Crippen LogP contribution < -0.4 is 15.0 Å². The Bertz CT molecular complexity index is 853. The zero-order valence-corrected chi connectivity index (χ0v) is 10.6. The monoisotopic (exact) mass is 265 g/mol. The molecule has 2 heterocycles. The third-order valence-electron chi connectivity index (χ3n) is 3.41. The van der Waals surface area contributed by atoms with Crippen molar-refractivity contribution in [1.82, 2.24) is 4.57 Å². The first-order valence-corrected chi connectivity index (χ1v) is 6.35. The number of hydrogen-bond acceptors (Lipinski definition) is 3. The van der Waals surface area contributed by atoms with Crippen LogP contribution in [0.5, 0.6) is 11.5 Å². The van der Waals surface area contributed by atoms with Crippen molar-refractivity contribution >= 4 is 10.9 Å². The normalized spacial score (nSPS) is 12.8. The van der Waals surface area contributed by atoms with Crippen molar-refractivity contribution in [3.05, 3.63) is 65.0 Å². The second-order valence-electron chi connectivity index (χ2n) is 4.56. The van der Waals surface area contributed by atoms with Crippen LogP contribution in [0.25, 0.3) is 16.6 Å². The summed E-state index contributed by atoms with van der Waals surface area (Å²) < 4.78 is 12.4. The van der Waals surface area contributed by atoms with Crippen LogP contribution in [0.3, 0.4) is 0 Å². The fourth-order valence-corrected chi connectivity index (χ4v) is 2.54. The average molecular weight is 265 g/mol. The lowest BCUT2D eigenvalue weighted by Gasteiger charge is -2.12. The molecule has 0 saturated carbocycles. The first-order valence-electron chi connectivity index (χ1n) is 6.35. The lowest BCUT2D eigenvalue weighted by molar-refractivity contribution is 0.174. The van der Waals surface area contributed by atoms with Gasteiger partial charge in [-0.3, -0.25) is 9.36 Å². The summed E-state index contributed by atoms with van der Waals surface area (Å²) in [6.07, 6.45) is 0. The molecule has 0 unspecified atom stereocenters. The van der Waals surface area contributed by atoms with Crippen LogP contribution >= 0.6 is 0 Å². The third-order valence-corrected chi connectivity index (χ3v) is 3.41. The van der Waals surface area contributed by atoms with Gasteiger partial charge in [0.25, 0.3) is 0 Å². The number of hydrogen-bond donors (Lipinski definition) is 0. The molecule has 3 aromatic rings. The Hall–Kier alpha value is -2.75. The van der Waals surface area contributed by atoms with Crippen LogP contribution in [-0.4, -0.2) is 11.4 Å². The van der Waals surface area contributed by atoms with E-state index in [1.165, 1.54) is 0 Å². The molecule has 20 heavy (non-hydrogen) atoms. The number of fused-ring (bicyclic) bond motifs is 3. The Kier molecular flexibility index (Phi) is 2.29. The zero-order chi connectivity index (χ0) is 13.5. The minimum atomic E-state index is -0.192. The van der Waals surface area contributed by atoms with Crippen molar-refractivity contribution in [2.45, 2.75) is 0 Å². The van der Waals surface area contributed by atoms with Gasteiger partial charge in [0.05, 0.1) is 5.52 Å². The standard InChI is InChI=1S/C16H11NO3/c18-16-15-14(19-10-20-15)12-8-4-5-9-13(12)17(16)11-6-2-1-3-7-11/h1-9H,10H2. The second-order valence-corrected chi connectivity index (χ2v) is 4.56. The van der Waals surface area contributed by atoms with E-state index in [9.17, 15) is 4.79 Å². The largest absolute Gasteiger partial charge is 0.453 e. The molecule has 0 N–H and O–H groups in total. The summed E-state index contributed by atoms with van der Waals surface area (Å²) >= 11 is 0. The lowest BCUT2D eigenvalue weighted by Crippen LogP contribution is -2.19. The molecule has 4 nitrogen and oxygen atoms in total. The summed E-state index contributed by atoms with van der Waals surface area (Å²) in [6, 6.07) is 17.2. The molecule has 0 radical (unpaired) electrons. The number of ether oxygens (including phenoxy) is 2. The van der Waals surface area contributed by atoms with E-state index in [1.54, 1.807) is 4.57 Å². The van der Waals surface area contributed by atoms with E-state index in [0.29, 0.717) is 5.75 Å². The fourth-order valence-electron chi connectivity index (χ4n) is 2.54. The van der Waals surface area contributed by atoms with Crippen LogP contribution in [-0.2, 0) is 0 Å². The highest BCUT2D eigenvalue weighted by atomic mass is 16.7. The molecule has 2 aromatic carbocycles. The number of nitrogens with zero attached hydrogens (tertiary/aromatic N) is 1. The summed E-state index contributed by atoms with van der Waals surface area (Å²) in [4.78, 5) is 12.6. The molecule has 1 aliphatic heterocycles. The van der Waals surface area contributed by atoms with Crippen molar-refractivity contribution in [2.24, 2.45) is 0 Å². The zero-order valence-electron chi connectivity index (χ0n) is 10.6. The SMILES string of the molecule is O=c1c2c(c3ccccc3n1-c1ccccc1)OCO2. The summed E-state index contributed by atoms with van der Waals surface area (Å²) in [5, 5.41) is 0.878. The molecule has 98 valence electrons. The van der Waals surface area contributed by atoms with Gasteiger partial charge in [0.1, 0.15) is 0 Å². The summed E-state index contributed by atoms with van der Waals surface area (Å²) in [5.74, 6) is 0.824. The maximum Gasteiger partial charge on any atom is 0.302 e. The molecular formula is C16H11NO3. The van der Waals surface area contributed by atoms with Crippen LogP contribution in [0.2, 0.25) is 0 Å². The Balaban J connectivity index is 2.19. The predicted molar refractivity (Wildman–Crippen MR) is 75.7 cm³/mol. The molecule has 0 aliphatic carbocycles. The van der Waals surface area contributed by atoms with Crippen LogP contribution in [0, 0.1) is 0 Å². The van der Waals surface area contributed by atoms with Crippen molar-refractivity contribution < 1.29 is 9.47 Å². The summed E-state index contributed by atoms with van der Waals surface area (Å²) in [6.45, 7) is 0.0906. The van der Waals surface area contributed by atoms with E-state index in [2.05, 4.69) is 0 Å². The topological polar surface area (TPSA) is 40.5 Å². The number of pyridine rings is 1. The molecule has 1 aromatic heterocycles. The lowest BCUT2D eigenvalue weighted by atomic mass is 10.1. The number of rotatable bonds is 1. The average Bonchev–Trinajstić information content (AvgIpc) is 2.99. The van der Waals surface area contributed by atoms with Gasteiger partial charge in [-0.25, -0.2) is 0 Å². The van der Waals surface area contributed by atoms with Gasteiger partial charge >= 0.3 is 5.56 Å². The van der Waals surface area contributed by atoms with Crippen LogP contribution in [0.1, 0.15) is 0 Å². The molecule has 0 amide bonds. The highest BCUT2D eigenvalue weighted by Gasteiger charge is 2.24. The van der Waals surface area contributed by atoms with E-state index in [4.69, 9.17) is 9.47 Å². The van der Waals surface area contributed by atoms with Gasteiger partial charge in [-0.1, -0.05) is 30.3 Å². The van der Waals surface area contributed by atoms with E-state index in [1.807, 2.05) is 54.6 Å². The number of para-hydroxylation sites is 2. The predicted octanol–water partition coefficient (Wildman–Crippen LogP) is 2.72. The molecule has 0 atom stereocenters. The van der Waals surface area contributed by atoms with Crippen molar-refractivity contribution in [3.8, 4) is 17.2 Å². The summed E-state index contributed by atoms with van der Waals surface area (Å²) in [7, 11) is 0. The highest BCUT2D eigenvalue weighted by molar-refractivity contribution is 5.89. The first kappa shape index (κ1) is 11.1. The highest BCUT2D eigenvalue weighted by Crippen LogP contribution is 2.36. The van der Waals surface area contributed by atoms with E-state index in [0.717, 1.165) is 16.6 Å². The van der Waals surface area contributed by atoms with E-state index in [-0.39, 0.29) is 18.1 Å². The van der Waals surface area contributed by atoms with Gasteiger partial charge < -0.3 is 9.47 Å². The molecule has 1 aliphatic rings. The molecular weight excluding hydrogens is 254 g/mol. The molecule has 4 rings (SSSR count). The van der Waals surface area contributed by atoms with Gasteiger partial charge in [-0.2, -0.15) is 0 Å². The second kappa shape index (κ2) is 4.13. The Labute approximate surface area is 114 Å². The smallest absolute Gasteiger partial charge is 0.302 e. The van der Waals surface area contributed by atoms with Gasteiger partial charge in [0, 0.05) is 11.1 Å². The van der Waals surface area contributed by atoms with E-state index < -0.39 is 0 Å². The van der Waals surface area contributed by atoms with Gasteiger partial charge in [-0.05, 0) is 24.3 Å². The fraction of sp³-hybridized carbons (Fsp3) is 0.0625. The van der Waals surface area contributed by atoms with Gasteiger partial charge in [0.15, 0.2) is 5.75 Å². The van der Waals surface area contributed by atoms with Crippen molar-refractivity contribution in [1.29, 1.82) is 0 Å². The van der Waals surface area contributed by atoms with E-state index >= 15 is 0 Å². The molecule has 0 saturated heterocycles. The molecule has 0 spiro atoms. The summed E-state index contributed by atoms with van der Waals surface area (Å²) in [5.41, 5.74) is 1.43. The van der Waals surface area contributed by atoms with Crippen molar-refractivity contribution in [2.75, 3.05) is 6.79 Å². The van der Waals surface area contributed by atoms with Crippen LogP contribution in [0.15, 0.2) is 59.4 Å². The maximum atomic E-state index is 12.6. The number of aromatic nitrogens is 1. The van der Waals surface area contributed by atoms with Gasteiger partial charge in [-0.15, -0.1) is 0 Å². The third kappa shape index (κ3) is 1.45. The van der Waals surface area contributed by atoms with Crippen molar-refractivity contribution in [3.63, 3.8) is 0 Å². The Morgan fingerprint density at radius 2 is 1.55 bits per heavy atom. The Morgan fingerprint density at radius 3 is 2.40 bits per heavy atom. The van der Waals surface area contributed by atoms with Crippen LogP contribution in [0.4, 0.5) is 0 Å². The molecule has 0 fully saturated rings. The molecule has 0 bridgehead atoms. The maximum absolute atomic E-state index is 12.6. The minimum Gasteiger partial charge on any atom is -0.453 e.